The van der Waals surface area contributed by atoms with E-state index in [9.17, 15) is 8.78 Å². The van der Waals surface area contributed by atoms with Crippen molar-refractivity contribution >= 4 is 51.9 Å². The molecule has 0 aliphatic rings. The van der Waals surface area contributed by atoms with Gasteiger partial charge in [-0.1, -0.05) is 29.3 Å². The van der Waals surface area contributed by atoms with E-state index in [1.54, 1.807) is 6.07 Å². The Morgan fingerprint density at radius 2 is 1.70 bits per heavy atom. The van der Waals surface area contributed by atoms with Crippen molar-refractivity contribution in [1.82, 2.24) is 0 Å². The van der Waals surface area contributed by atoms with Gasteiger partial charge in [0.25, 0.3) is 0 Å². The van der Waals surface area contributed by atoms with Crippen molar-refractivity contribution in [3.05, 3.63) is 58.1 Å². The molecule has 2 aromatic carbocycles. The highest BCUT2D eigenvalue weighted by Crippen LogP contribution is 2.23. The minimum atomic E-state index is -0.634. The highest BCUT2D eigenvalue weighted by atomic mass is 35.5. The molecule has 2 N–H and O–H groups in total. The van der Waals surface area contributed by atoms with E-state index >= 15 is 0 Å². The Balaban J connectivity index is 2.13. The first-order valence-corrected chi connectivity index (χ1v) is 6.61. The van der Waals surface area contributed by atoms with Crippen LogP contribution < -0.4 is 10.6 Å². The molecule has 0 radical (unpaired) electrons. The summed E-state index contributed by atoms with van der Waals surface area (Å²) in [5.41, 5.74) is 0.190. The smallest absolute Gasteiger partial charge is 0.175 e. The number of hydrogen-bond acceptors (Lipinski definition) is 1. The van der Waals surface area contributed by atoms with Gasteiger partial charge in [-0.2, -0.15) is 0 Å². The van der Waals surface area contributed by atoms with Gasteiger partial charge < -0.3 is 10.6 Å². The van der Waals surface area contributed by atoms with Crippen LogP contribution >= 0.6 is 35.4 Å². The Bertz CT molecular complexity index is 659. The number of thiocarbonyl (C=S) groups is 1. The summed E-state index contributed by atoms with van der Waals surface area (Å²) in [5.74, 6) is -1.16. The highest BCUT2D eigenvalue weighted by Gasteiger charge is 2.09. The first-order valence-electron chi connectivity index (χ1n) is 5.44. The SMILES string of the molecule is Fc1ccc(Cl)cc1NC(=S)Nc1cccc(Cl)c1F. The Labute approximate surface area is 129 Å². The molecule has 0 spiro atoms. The number of anilines is 2. The predicted octanol–water partition coefficient (Wildman–Crippen LogP) is 5.08. The zero-order valence-corrected chi connectivity index (χ0v) is 12.2. The average Bonchev–Trinajstić information content (AvgIpc) is 2.39. The molecule has 0 bridgehead atoms. The molecule has 0 fully saturated rings. The monoisotopic (exact) mass is 332 g/mol. The maximum atomic E-state index is 13.7. The van der Waals surface area contributed by atoms with E-state index in [4.69, 9.17) is 35.4 Å². The van der Waals surface area contributed by atoms with Gasteiger partial charge in [-0.25, -0.2) is 8.78 Å². The fraction of sp³-hybridized carbons (Fsp3) is 0. The average molecular weight is 333 g/mol. The van der Waals surface area contributed by atoms with Crippen LogP contribution in [0.1, 0.15) is 0 Å². The van der Waals surface area contributed by atoms with Gasteiger partial charge in [0.2, 0.25) is 0 Å². The molecule has 104 valence electrons. The summed E-state index contributed by atoms with van der Waals surface area (Å²) in [5, 5.41) is 5.53. The molecule has 0 saturated carbocycles. The zero-order valence-electron chi connectivity index (χ0n) is 9.88. The summed E-state index contributed by atoms with van der Waals surface area (Å²) < 4.78 is 27.2. The predicted molar refractivity (Wildman–Crippen MR) is 82.7 cm³/mol. The van der Waals surface area contributed by atoms with Crippen LogP contribution in [-0.4, -0.2) is 5.11 Å². The van der Waals surface area contributed by atoms with Crippen molar-refractivity contribution in [2.75, 3.05) is 10.6 Å². The van der Waals surface area contributed by atoms with Gasteiger partial charge in [-0.3, -0.25) is 0 Å². The van der Waals surface area contributed by atoms with Gasteiger partial charge in [0, 0.05) is 5.02 Å². The Morgan fingerprint density at radius 3 is 2.45 bits per heavy atom. The zero-order chi connectivity index (χ0) is 14.7. The number of nitrogens with one attached hydrogen (secondary N) is 2. The van der Waals surface area contributed by atoms with E-state index in [0.29, 0.717) is 5.02 Å². The van der Waals surface area contributed by atoms with Crippen molar-refractivity contribution in [2.24, 2.45) is 0 Å². The summed E-state index contributed by atoms with van der Waals surface area (Å²) in [6.45, 7) is 0. The normalized spacial score (nSPS) is 10.2. The molecule has 20 heavy (non-hydrogen) atoms. The third kappa shape index (κ3) is 3.56. The third-order valence-corrected chi connectivity index (χ3v) is 3.11. The van der Waals surface area contributed by atoms with Crippen molar-refractivity contribution in [2.45, 2.75) is 0 Å². The fourth-order valence-electron chi connectivity index (χ4n) is 1.47. The molecule has 0 heterocycles. The van der Waals surface area contributed by atoms with E-state index in [1.165, 1.54) is 30.3 Å². The largest absolute Gasteiger partial charge is 0.330 e. The van der Waals surface area contributed by atoms with Gasteiger partial charge in [-0.05, 0) is 42.5 Å². The maximum Gasteiger partial charge on any atom is 0.175 e. The Morgan fingerprint density at radius 1 is 1.00 bits per heavy atom. The van der Waals surface area contributed by atoms with Crippen LogP contribution in [-0.2, 0) is 0 Å². The topological polar surface area (TPSA) is 24.1 Å². The molecule has 2 aromatic rings. The lowest BCUT2D eigenvalue weighted by Crippen LogP contribution is -2.20. The number of rotatable bonds is 2. The molecule has 0 aliphatic heterocycles. The maximum absolute atomic E-state index is 13.7. The lowest BCUT2D eigenvalue weighted by atomic mass is 10.3. The first-order chi connectivity index (χ1) is 9.47. The number of benzene rings is 2. The molecule has 7 heteroatoms. The Hall–Kier alpha value is -1.43. The lowest BCUT2D eigenvalue weighted by molar-refractivity contribution is 0.632. The van der Waals surface area contributed by atoms with E-state index in [0.717, 1.165) is 0 Å². The van der Waals surface area contributed by atoms with Gasteiger partial charge in [0.15, 0.2) is 10.9 Å². The molecule has 0 aromatic heterocycles. The molecular weight excluding hydrogens is 325 g/mol. The molecule has 0 unspecified atom stereocenters. The van der Waals surface area contributed by atoms with Crippen molar-refractivity contribution in [3.8, 4) is 0 Å². The summed E-state index contributed by atoms with van der Waals surface area (Å²) in [4.78, 5) is 0. The summed E-state index contributed by atoms with van der Waals surface area (Å²) >= 11 is 16.4. The van der Waals surface area contributed by atoms with Crippen LogP contribution in [0.2, 0.25) is 10.0 Å². The fourth-order valence-corrected chi connectivity index (χ4v) is 2.04. The van der Waals surface area contributed by atoms with Crippen LogP contribution in [0.15, 0.2) is 36.4 Å². The molecule has 2 nitrogen and oxygen atoms in total. The van der Waals surface area contributed by atoms with Crippen molar-refractivity contribution < 1.29 is 8.78 Å². The van der Waals surface area contributed by atoms with E-state index < -0.39 is 11.6 Å². The van der Waals surface area contributed by atoms with E-state index in [2.05, 4.69) is 10.6 Å². The summed E-state index contributed by atoms with van der Waals surface area (Å²) in [6.07, 6.45) is 0. The second kappa shape index (κ2) is 6.35. The van der Waals surface area contributed by atoms with Gasteiger partial charge >= 0.3 is 0 Å². The van der Waals surface area contributed by atoms with Crippen LogP contribution in [0.25, 0.3) is 0 Å². The molecule has 2 rings (SSSR count). The molecule has 0 saturated heterocycles. The first kappa shape index (κ1) is 15.0. The highest BCUT2D eigenvalue weighted by molar-refractivity contribution is 7.80. The standard InChI is InChI=1S/C13H8Cl2F2N2S/c14-7-4-5-9(16)11(6-7)19-13(20)18-10-3-1-2-8(15)12(10)17/h1-6H,(H2,18,19,20). The minimum absolute atomic E-state index is 0.0207. The molecule has 0 aliphatic carbocycles. The summed E-state index contributed by atoms with van der Waals surface area (Å²) in [6, 6.07) is 8.43. The molecule has 0 atom stereocenters. The quantitative estimate of drug-likeness (QED) is 0.750. The second-order valence-electron chi connectivity index (χ2n) is 3.80. The van der Waals surface area contributed by atoms with Gasteiger partial charge in [0.05, 0.1) is 16.4 Å². The van der Waals surface area contributed by atoms with Gasteiger partial charge in [0.1, 0.15) is 5.82 Å². The van der Waals surface area contributed by atoms with E-state index in [-0.39, 0.29) is 21.5 Å². The van der Waals surface area contributed by atoms with Crippen LogP contribution in [0, 0.1) is 11.6 Å². The number of halogens is 4. The molecule has 0 amide bonds. The van der Waals surface area contributed by atoms with Crippen molar-refractivity contribution in [1.29, 1.82) is 0 Å². The van der Waals surface area contributed by atoms with Crippen LogP contribution in [0.4, 0.5) is 20.2 Å². The third-order valence-electron chi connectivity index (χ3n) is 2.38. The van der Waals surface area contributed by atoms with Crippen molar-refractivity contribution in [3.63, 3.8) is 0 Å². The molecular formula is C13H8Cl2F2N2S. The lowest BCUT2D eigenvalue weighted by Gasteiger charge is -2.12. The summed E-state index contributed by atoms with van der Waals surface area (Å²) in [7, 11) is 0. The number of hydrogen-bond donors (Lipinski definition) is 2. The van der Waals surface area contributed by atoms with Gasteiger partial charge in [-0.15, -0.1) is 0 Å². The second-order valence-corrected chi connectivity index (χ2v) is 5.06. The van der Waals surface area contributed by atoms with Crippen LogP contribution in [0.3, 0.4) is 0 Å². The van der Waals surface area contributed by atoms with Crippen LogP contribution in [0.5, 0.6) is 0 Å². The Kier molecular flexibility index (Phi) is 4.75. The minimum Gasteiger partial charge on any atom is -0.330 e. The van der Waals surface area contributed by atoms with E-state index in [1.807, 2.05) is 0 Å².